The van der Waals surface area contributed by atoms with Crippen molar-refractivity contribution in [1.29, 1.82) is 0 Å². The second-order valence-corrected chi connectivity index (χ2v) is 5.04. The first-order valence-electron chi connectivity index (χ1n) is 5.87. The van der Waals surface area contributed by atoms with Gasteiger partial charge in [-0.1, -0.05) is 36.0 Å². The monoisotopic (exact) mass is 251 g/mol. The fourth-order valence-corrected chi connectivity index (χ4v) is 2.56. The van der Waals surface area contributed by atoms with Gasteiger partial charge in [0, 0.05) is 16.6 Å². The van der Waals surface area contributed by atoms with Crippen molar-refractivity contribution in [3.63, 3.8) is 0 Å². The standard InChI is InChI=1S/C16H13NS/c1-2-4-15(5-3-1)18-11-9-13-6-7-16-14(12-13)8-10-17-16/h1-12,17H/b11-9+. The number of H-pyrrole nitrogens is 1. The summed E-state index contributed by atoms with van der Waals surface area (Å²) in [7, 11) is 0. The summed E-state index contributed by atoms with van der Waals surface area (Å²) in [5, 5.41) is 3.38. The van der Waals surface area contributed by atoms with Gasteiger partial charge in [-0.05, 0) is 52.8 Å². The van der Waals surface area contributed by atoms with Crippen LogP contribution in [0.4, 0.5) is 0 Å². The lowest BCUT2D eigenvalue weighted by atomic mass is 10.1. The third-order valence-corrected chi connectivity index (χ3v) is 3.60. The van der Waals surface area contributed by atoms with Crippen LogP contribution in [-0.2, 0) is 0 Å². The maximum atomic E-state index is 3.20. The molecule has 0 atom stereocenters. The summed E-state index contributed by atoms with van der Waals surface area (Å²) in [5.41, 5.74) is 2.41. The van der Waals surface area contributed by atoms with Gasteiger partial charge < -0.3 is 4.98 Å². The zero-order valence-corrected chi connectivity index (χ0v) is 10.7. The Morgan fingerprint density at radius 3 is 2.72 bits per heavy atom. The smallest absolute Gasteiger partial charge is 0.0454 e. The SMILES string of the molecule is C(=C\c1ccc2[nH]ccc2c1)/Sc1ccccc1. The molecule has 2 heteroatoms. The predicted octanol–water partition coefficient (Wildman–Crippen LogP) is 4.93. The first-order valence-corrected chi connectivity index (χ1v) is 6.75. The van der Waals surface area contributed by atoms with Crippen LogP contribution in [0.1, 0.15) is 5.56 Å². The minimum Gasteiger partial charge on any atom is -0.361 e. The molecule has 0 aliphatic heterocycles. The van der Waals surface area contributed by atoms with Gasteiger partial charge in [-0.15, -0.1) is 0 Å². The van der Waals surface area contributed by atoms with Crippen molar-refractivity contribution in [2.75, 3.05) is 0 Å². The van der Waals surface area contributed by atoms with Crippen molar-refractivity contribution >= 4 is 28.7 Å². The highest BCUT2D eigenvalue weighted by Gasteiger charge is 1.94. The second-order valence-electron chi connectivity index (χ2n) is 4.06. The molecule has 1 aromatic heterocycles. The molecule has 18 heavy (non-hydrogen) atoms. The average Bonchev–Trinajstić information content (AvgIpc) is 2.87. The molecule has 0 unspecified atom stereocenters. The molecule has 1 nitrogen and oxygen atoms in total. The number of benzene rings is 2. The summed E-state index contributed by atoms with van der Waals surface area (Å²) in [5.74, 6) is 0. The molecule has 0 bridgehead atoms. The maximum Gasteiger partial charge on any atom is 0.0454 e. The highest BCUT2D eigenvalue weighted by atomic mass is 32.2. The lowest BCUT2D eigenvalue weighted by molar-refractivity contribution is 1.47. The topological polar surface area (TPSA) is 15.8 Å². The molecule has 3 aromatic rings. The Hall–Kier alpha value is -1.93. The predicted molar refractivity (Wildman–Crippen MR) is 79.6 cm³/mol. The fourth-order valence-electron chi connectivity index (χ4n) is 1.87. The van der Waals surface area contributed by atoms with E-state index in [9.17, 15) is 0 Å². The Kier molecular flexibility index (Phi) is 3.20. The first kappa shape index (κ1) is 11.2. The third kappa shape index (κ3) is 2.49. The van der Waals surface area contributed by atoms with Crippen LogP contribution in [0.2, 0.25) is 0 Å². The van der Waals surface area contributed by atoms with E-state index in [4.69, 9.17) is 0 Å². The molecular formula is C16H13NS. The van der Waals surface area contributed by atoms with Crippen LogP contribution in [-0.4, -0.2) is 4.98 Å². The van der Waals surface area contributed by atoms with Gasteiger partial charge in [0.25, 0.3) is 0 Å². The van der Waals surface area contributed by atoms with Crippen LogP contribution < -0.4 is 0 Å². The number of fused-ring (bicyclic) bond motifs is 1. The Morgan fingerprint density at radius 2 is 1.83 bits per heavy atom. The molecule has 0 saturated heterocycles. The van der Waals surface area contributed by atoms with Crippen molar-refractivity contribution in [1.82, 2.24) is 4.98 Å². The quantitative estimate of drug-likeness (QED) is 0.652. The summed E-state index contributed by atoms with van der Waals surface area (Å²) in [6.45, 7) is 0. The van der Waals surface area contributed by atoms with Crippen LogP contribution in [0, 0.1) is 0 Å². The van der Waals surface area contributed by atoms with Gasteiger partial charge in [0.2, 0.25) is 0 Å². The lowest BCUT2D eigenvalue weighted by Crippen LogP contribution is -1.72. The highest BCUT2D eigenvalue weighted by Crippen LogP contribution is 2.21. The van der Waals surface area contributed by atoms with E-state index in [1.807, 2.05) is 12.3 Å². The van der Waals surface area contributed by atoms with E-state index in [1.54, 1.807) is 11.8 Å². The van der Waals surface area contributed by atoms with Crippen molar-refractivity contribution in [3.8, 4) is 0 Å². The molecule has 0 saturated carbocycles. The van der Waals surface area contributed by atoms with Crippen molar-refractivity contribution in [3.05, 3.63) is 71.8 Å². The Bertz CT molecular complexity index is 668. The zero-order chi connectivity index (χ0) is 12.2. The molecule has 88 valence electrons. The average molecular weight is 251 g/mol. The molecule has 1 heterocycles. The van der Waals surface area contributed by atoms with Gasteiger partial charge in [-0.25, -0.2) is 0 Å². The largest absolute Gasteiger partial charge is 0.361 e. The number of rotatable bonds is 3. The van der Waals surface area contributed by atoms with Crippen LogP contribution in [0.15, 0.2) is 71.1 Å². The Labute approximate surface area is 111 Å². The van der Waals surface area contributed by atoms with Gasteiger partial charge in [0.15, 0.2) is 0 Å². The molecule has 3 rings (SSSR count). The number of thioether (sulfide) groups is 1. The summed E-state index contributed by atoms with van der Waals surface area (Å²) >= 11 is 1.73. The van der Waals surface area contributed by atoms with Gasteiger partial charge in [0.1, 0.15) is 0 Å². The van der Waals surface area contributed by atoms with Gasteiger partial charge in [-0.2, -0.15) is 0 Å². The molecule has 2 aromatic carbocycles. The Balaban J connectivity index is 1.75. The minimum atomic E-state index is 1.18. The first-order chi connectivity index (χ1) is 8.92. The van der Waals surface area contributed by atoms with Crippen LogP contribution in [0.5, 0.6) is 0 Å². The molecule has 1 N–H and O–H groups in total. The molecule has 0 radical (unpaired) electrons. The zero-order valence-electron chi connectivity index (χ0n) is 9.84. The number of aromatic amines is 1. The van der Waals surface area contributed by atoms with E-state index in [2.05, 4.69) is 65.0 Å². The summed E-state index contributed by atoms with van der Waals surface area (Å²) in [6.07, 6.45) is 4.11. The van der Waals surface area contributed by atoms with Crippen molar-refractivity contribution < 1.29 is 0 Å². The normalized spacial score (nSPS) is 11.3. The van der Waals surface area contributed by atoms with E-state index >= 15 is 0 Å². The molecule has 0 spiro atoms. The third-order valence-electron chi connectivity index (χ3n) is 2.79. The van der Waals surface area contributed by atoms with Crippen LogP contribution >= 0.6 is 11.8 Å². The second kappa shape index (κ2) is 5.15. The van der Waals surface area contributed by atoms with Gasteiger partial charge in [-0.3, -0.25) is 0 Å². The van der Waals surface area contributed by atoms with E-state index < -0.39 is 0 Å². The molecule has 0 aliphatic carbocycles. The van der Waals surface area contributed by atoms with E-state index in [1.165, 1.54) is 21.4 Å². The lowest BCUT2D eigenvalue weighted by Gasteiger charge is -1.96. The molecular weight excluding hydrogens is 238 g/mol. The summed E-state index contributed by atoms with van der Waals surface area (Å²) in [4.78, 5) is 4.46. The fraction of sp³-hybridized carbons (Fsp3) is 0. The maximum absolute atomic E-state index is 3.20. The Morgan fingerprint density at radius 1 is 0.944 bits per heavy atom. The van der Waals surface area contributed by atoms with E-state index in [0.29, 0.717) is 0 Å². The summed E-state index contributed by atoms with van der Waals surface area (Å²) in [6, 6.07) is 18.9. The molecule has 0 aliphatic rings. The van der Waals surface area contributed by atoms with Crippen LogP contribution in [0.25, 0.3) is 17.0 Å². The number of nitrogens with one attached hydrogen (secondary N) is 1. The van der Waals surface area contributed by atoms with Crippen molar-refractivity contribution in [2.24, 2.45) is 0 Å². The van der Waals surface area contributed by atoms with Crippen molar-refractivity contribution in [2.45, 2.75) is 4.90 Å². The number of hydrogen-bond donors (Lipinski definition) is 1. The highest BCUT2D eigenvalue weighted by molar-refractivity contribution is 8.02. The van der Waals surface area contributed by atoms with E-state index in [0.717, 1.165) is 0 Å². The molecule has 0 amide bonds. The minimum absolute atomic E-state index is 1.18. The van der Waals surface area contributed by atoms with E-state index in [-0.39, 0.29) is 0 Å². The summed E-state index contributed by atoms with van der Waals surface area (Å²) < 4.78 is 0. The molecule has 0 fully saturated rings. The number of aromatic nitrogens is 1. The van der Waals surface area contributed by atoms with Crippen LogP contribution in [0.3, 0.4) is 0 Å². The van der Waals surface area contributed by atoms with Gasteiger partial charge >= 0.3 is 0 Å². The van der Waals surface area contributed by atoms with Gasteiger partial charge in [0.05, 0.1) is 0 Å². The number of hydrogen-bond acceptors (Lipinski definition) is 1.